The number of hydrogen-bond acceptors (Lipinski definition) is 6. The van der Waals surface area contributed by atoms with Crippen LogP contribution in [0.25, 0.3) is 0 Å². The Hall–Kier alpha value is -3.46. The average Bonchev–Trinajstić information content (AvgIpc) is 2.78. The Kier molecular flexibility index (Phi) is 9.35. The summed E-state index contributed by atoms with van der Waals surface area (Å²) in [6.45, 7) is 8.95. The van der Waals surface area contributed by atoms with E-state index in [4.69, 9.17) is 11.6 Å². The highest BCUT2D eigenvalue weighted by atomic mass is 35.5. The van der Waals surface area contributed by atoms with Crippen LogP contribution in [-0.2, 0) is 4.79 Å². The van der Waals surface area contributed by atoms with Gasteiger partial charge in [-0.25, -0.2) is 5.43 Å². The summed E-state index contributed by atoms with van der Waals surface area (Å²) in [4.78, 5) is 38.0. The zero-order valence-electron chi connectivity index (χ0n) is 19.0. The molecule has 2 amide bonds. The van der Waals surface area contributed by atoms with Crippen molar-refractivity contribution in [1.29, 1.82) is 0 Å². The number of benzene rings is 2. The first-order chi connectivity index (χ1) is 15.7. The molecule has 0 aliphatic rings. The van der Waals surface area contributed by atoms with Gasteiger partial charge < -0.3 is 10.2 Å². The zero-order chi connectivity index (χ0) is 24.5. The topological polar surface area (TPSA) is 117 Å². The number of nitrogens with one attached hydrogen (secondary N) is 2. The molecule has 0 heterocycles. The Morgan fingerprint density at radius 3 is 2.45 bits per heavy atom. The summed E-state index contributed by atoms with van der Waals surface area (Å²) in [5, 5.41) is 18.3. The summed E-state index contributed by atoms with van der Waals surface area (Å²) in [5.74, 6) is -1.16. The predicted octanol–water partition coefficient (Wildman–Crippen LogP) is 4.00. The maximum Gasteiger partial charge on any atom is 0.270 e. The van der Waals surface area contributed by atoms with Crippen LogP contribution in [0.1, 0.15) is 43.6 Å². The lowest BCUT2D eigenvalue weighted by Crippen LogP contribution is -2.48. The van der Waals surface area contributed by atoms with Crippen LogP contribution in [0, 0.1) is 16.0 Å². The van der Waals surface area contributed by atoms with Gasteiger partial charge in [0, 0.05) is 47.1 Å². The van der Waals surface area contributed by atoms with Crippen LogP contribution >= 0.6 is 11.6 Å². The first-order valence-electron chi connectivity index (χ1n) is 10.6. The van der Waals surface area contributed by atoms with E-state index in [9.17, 15) is 19.7 Å². The first kappa shape index (κ1) is 25.8. The van der Waals surface area contributed by atoms with Crippen LogP contribution in [0.15, 0.2) is 47.6 Å². The lowest BCUT2D eigenvalue weighted by Gasteiger charge is -2.23. The van der Waals surface area contributed by atoms with E-state index >= 15 is 0 Å². The van der Waals surface area contributed by atoms with E-state index in [1.54, 1.807) is 38.1 Å². The maximum atomic E-state index is 12.7. The van der Waals surface area contributed by atoms with Crippen LogP contribution in [0.2, 0.25) is 5.02 Å². The van der Waals surface area contributed by atoms with Crippen molar-refractivity contribution in [3.05, 3.63) is 68.7 Å². The van der Waals surface area contributed by atoms with Crippen molar-refractivity contribution in [2.24, 2.45) is 11.0 Å². The first-order valence-corrected chi connectivity index (χ1v) is 11.0. The van der Waals surface area contributed by atoms with E-state index < -0.39 is 22.8 Å². The minimum Gasteiger partial charge on any atom is -0.372 e. The number of nitrogens with zero attached hydrogens (tertiary/aromatic N) is 3. The number of carbonyl (C=O) groups is 2. The van der Waals surface area contributed by atoms with Crippen LogP contribution in [0.4, 0.5) is 11.4 Å². The number of amides is 2. The Labute approximate surface area is 198 Å². The number of rotatable bonds is 10. The Morgan fingerprint density at radius 1 is 1.18 bits per heavy atom. The van der Waals surface area contributed by atoms with Gasteiger partial charge in [-0.1, -0.05) is 31.5 Å². The van der Waals surface area contributed by atoms with Gasteiger partial charge in [0.2, 0.25) is 0 Å². The molecule has 10 heteroatoms. The molecule has 9 nitrogen and oxygen atoms in total. The maximum absolute atomic E-state index is 12.7. The fourth-order valence-electron chi connectivity index (χ4n) is 3.24. The molecule has 2 N–H and O–H groups in total. The summed E-state index contributed by atoms with van der Waals surface area (Å²) in [6.07, 6.45) is 1.37. The zero-order valence-corrected chi connectivity index (χ0v) is 19.8. The number of hydrogen-bond donors (Lipinski definition) is 2. The number of anilines is 1. The fourth-order valence-corrected chi connectivity index (χ4v) is 3.43. The number of halogens is 1. The highest BCUT2D eigenvalue weighted by molar-refractivity contribution is 6.31. The third kappa shape index (κ3) is 7.01. The van der Waals surface area contributed by atoms with E-state index in [2.05, 4.69) is 15.8 Å². The largest absolute Gasteiger partial charge is 0.372 e. The van der Waals surface area contributed by atoms with Crippen molar-refractivity contribution in [2.45, 2.75) is 33.7 Å². The quantitative estimate of drug-likeness (QED) is 0.307. The van der Waals surface area contributed by atoms with E-state index in [0.29, 0.717) is 29.2 Å². The number of hydrazone groups is 1. The number of carbonyl (C=O) groups excluding carboxylic acids is 2. The molecule has 2 rings (SSSR count). The van der Waals surface area contributed by atoms with Gasteiger partial charge in [0.1, 0.15) is 6.04 Å². The number of nitro groups is 1. The van der Waals surface area contributed by atoms with Crippen LogP contribution < -0.4 is 15.6 Å². The smallest absolute Gasteiger partial charge is 0.270 e. The molecular formula is C23H28ClN5O4. The highest BCUT2D eigenvalue weighted by Gasteiger charge is 2.24. The van der Waals surface area contributed by atoms with E-state index in [0.717, 1.165) is 5.69 Å². The SMILES string of the molecule is CCN(CC)c1ccc([N+](=O)[O-])cc1/C=N\NC(=O)C(NC(=O)c1cccc(Cl)c1)C(C)C. The van der Waals surface area contributed by atoms with Crippen LogP contribution in [0.5, 0.6) is 0 Å². The molecule has 0 saturated heterocycles. The highest BCUT2D eigenvalue weighted by Crippen LogP contribution is 2.24. The molecule has 0 aliphatic carbocycles. The molecule has 1 atom stereocenters. The van der Waals surface area contributed by atoms with E-state index in [-0.39, 0.29) is 11.6 Å². The van der Waals surface area contributed by atoms with Crippen molar-refractivity contribution < 1.29 is 14.5 Å². The van der Waals surface area contributed by atoms with Gasteiger partial charge in [-0.15, -0.1) is 0 Å². The van der Waals surface area contributed by atoms with Crippen molar-refractivity contribution in [1.82, 2.24) is 10.7 Å². The third-order valence-corrected chi connectivity index (χ3v) is 5.26. The van der Waals surface area contributed by atoms with Gasteiger partial charge >= 0.3 is 0 Å². The molecule has 0 bridgehead atoms. The van der Waals surface area contributed by atoms with Gasteiger partial charge in [-0.3, -0.25) is 19.7 Å². The molecule has 0 aromatic heterocycles. The normalized spacial score (nSPS) is 11.9. The summed E-state index contributed by atoms with van der Waals surface area (Å²) >= 11 is 5.94. The number of non-ortho nitro benzene ring substituents is 1. The predicted molar refractivity (Wildman–Crippen MR) is 130 cm³/mol. The summed E-state index contributed by atoms with van der Waals surface area (Å²) < 4.78 is 0. The molecule has 1 unspecified atom stereocenters. The minimum absolute atomic E-state index is 0.0764. The molecule has 176 valence electrons. The van der Waals surface area contributed by atoms with Gasteiger partial charge in [0.15, 0.2) is 0 Å². The molecule has 0 radical (unpaired) electrons. The van der Waals surface area contributed by atoms with Crippen molar-refractivity contribution >= 4 is 41.0 Å². The van der Waals surface area contributed by atoms with Gasteiger partial charge in [0.05, 0.1) is 11.1 Å². The minimum atomic E-state index is -0.846. The standard InChI is InChI=1S/C23H28ClN5O4/c1-5-28(6-2)20-11-10-19(29(32)33)13-17(20)14-25-27-23(31)21(15(3)4)26-22(30)16-8-7-9-18(24)12-16/h7-15,21H,5-6H2,1-4H3,(H,26,30)(H,27,31)/b25-14-. The van der Waals surface area contributed by atoms with Crippen molar-refractivity contribution in [3.8, 4) is 0 Å². The summed E-state index contributed by atoms with van der Waals surface area (Å²) in [6, 6.07) is 10.1. The second kappa shape index (κ2) is 12.0. The van der Waals surface area contributed by atoms with Gasteiger partial charge in [0.25, 0.3) is 17.5 Å². The molecule has 2 aromatic carbocycles. The lowest BCUT2D eigenvalue weighted by atomic mass is 10.0. The molecular weight excluding hydrogens is 446 g/mol. The number of nitro benzene ring substituents is 1. The van der Waals surface area contributed by atoms with E-state index in [1.165, 1.54) is 24.4 Å². The molecule has 0 saturated carbocycles. The molecule has 33 heavy (non-hydrogen) atoms. The van der Waals surface area contributed by atoms with Crippen molar-refractivity contribution in [2.75, 3.05) is 18.0 Å². The molecule has 2 aromatic rings. The van der Waals surface area contributed by atoms with Gasteiger partial charge in [-0.05, 0) is 44.0 Å². The van der Waals surface area contributed by atoms with Crippen molar-refractivity contribution in [3.63, 3.8) is 0 Å². The van der Waals surface area contributed by atoms with E-state index in [1.807, 2.05) is 18.7 Å². The fraction of sp³-hybridized carbons (Fsp3) is 0.348. The summed E-state index contributed by atoms with van der Waals surface area (Å²) in [5.41, 5.74) is 3.95. The Bertz CT molecular complexity index is 1040. The van der Waals surface area contributed by atoms with Crippen LogP contribution in [0.3, 0.4) is 0 Å². The Morgan fingerprint density at radius 2 is 1.88 bits per heavy atom. The average molecular weight is 474 g/mol. The second-order valence-electron chi connectivity index (χ2n) is 7.61. The van der Waals surface area contributed by atoms with Crippen LogP contribution in [-0.4, -0.2) is 42.1 Å². The monoisotopic (exact) mass is 473 g/mol. The second-order valence-corrected chi connectivity index (χ2v) is 8.05. The van der Waals surface area contributed by atoms with Gasteiger partial charge in [-0.2, -0.15) is 5.10 Å². The third-order valence-electron chi connectivity index (χ3n) is 5.03. The lowest BCUT2D eigenvalue weighted by molar-refractivity contribution is -0.384. The Balaban J connectivity index is 2.19. The molecule has 0 spiro atoms. The summed E-state index contributed by atoms with van der Waals surface area (Å²) in [7, 11) is 0. The molecule has 0 aliphatic heterocycles. The molecule has 0 fully saturated rings.